The van der Waals surface area contributed by atoms with Crippen LogP contribution in [0.1, 0.15) is 66.2 Å². The van der Waals surface area contributed by atoms with Gasteiger partial charge in [-0.15, -0.1) is 0 Å². The Labute approximate surface area is 149 Å². The first-order chi connectivity index (χ1) is 11.6. The summed E-state index contributed by atoms with van der Waals surface area (Å²) < 4.78 is 0. The Bertz CT molecular complexity index is 735. The topological polar surface area (TPSA) is 74.6 Å². The van der Waals surface area contributed by atoms with Crippen molar-refractivity contribution >= 4 is 11.6 Å². The van der Waals surface area contributed by atoms with E-state index >= 15 is 0 Å². The zero-order chi connectivity index (χ0) is 18.6. The van der Waals surface area contributed by atoms with Gasteiger partial charge in [0.25, 0.3) is 0 Å². The molecule has 0 saturated heterocycles. The number of rotatable bonds is 2. The van der Waals surface area contributed by atoms with Crippen molar-refractivity contribution < 1.29 is 19.8 Å². The van der Waals surface area contributed by atoms with Crippen LogP contribution in [-0.4, -0.2) is 21.8 Å². The quantitative estimate of drug-likeness (QED) is 0.561. The summed E-state index contributed by atoms with van der Waals surface area (Å²) in [5.41, 5.74) is 2.85. The van der Waals surface area contributed by atoms with Crippen LogP contribution in [0.25, 0.3) is 0 Å². The Morgan fingerprint density at radius 1 is 1.12 bits per heavy atom. The monoisotopic (exact) mass is 344 g/mol. The molecule has 3 aliphatic carbocycles. The highest BCUT2D eigenvalue weighted by Crippen LogP contribution is 2.57. The largest absolute Gasteiger partial charge is 0.504 e. The molecule has 4 nitrogen and oxygen atoms in total. The third-order valence-corrected chi connectivity index (χ3v) is 6.85. The molecule has 25 heavy (non-hydrogen) atoms. The van der Waals surface area contributed by atoms with E-state index in [9.17, 15) is 19.8 Å². The lowest BCUT2D eigenvalue weighted by molar-refractivity contribution is -0.119. The second-order valence-electron chi connectivity index (χ2n) is 8.78. The van der Waals surface area contributed by atoms with Crippen LogP contribution in [0.2, 0.25) is 0 Å². The van der Waals surface area contributed by atoms with Crippen LogP contribution in [0, 0.1) is 16.7 Å². The number of ketones is 2. The van der Waals surface area contributed by atoms with Gasteiger partial charge in [0.1, 0.15) is 0 Å². The minimum Gasteiger partial charge on any atom is -0.504 e. The van der Waals surface area contributed by atoms with Crippen LogP contribution in [0.4, 0.5) is 0 Å². The summed E-state index contributed by atoms with van der Waals surface area (Å²) in [6.45, 7) is 8.92. The van der Waals surface area contributed by atoms with E-state index in [1.165, 1.54) is 17.6 Å². The van der Waals surface area contributed by atoms with Crippen molar-refractivity contribution in [2.24, 2.45) is 16.7 Å². The molecule has 0 amide bonds. The second kappa shape index (κ2) is 5.86. The number of Topliss-reactive ketones (excluding diaryl/α,β-unsaturated/α-hetero) is 1. The molecular weight excluding hydrogens is 316 g/mol. The van der Waals surface area contributed by atoms with E-state index in [0.29, 0.717) is 12.3 Å². The number of allylic oxidation sites excluding steroid dienone is 4. The number of aliphatic hydroxyl groups is 2. The molecule has 0 fully saturated rings. The van der Waals surface area contributed by atoms with Gasteiger partial charge in [0.15, 0.2) is 11.5 Å². The van der Waals surface area contributed by atoms with Gasteiger partial charge in [-0.05, 0) is 55.3 Å². The fraction of sp³-hybridized carbons (Fsp3) is 0.619. The fourth-order valence-electron chi connectivity index (χ4n) is 4.99. The summed E-state index contributed by atoms with van der Waals surface area (Å²) in [6, 6.07) is 0. The highest BCUT2D eigenvalue weighted by atomic mass is 16.3. The number of hydrogen-bond donors (Lipinski definition) is 2. The molecule has 0 aromatic carbocycles. The molecule has 0 spiro atoms. The molecule has 2 atom stereocenters. The minimum atomic E-state index is -0.683. The summed E-state index contributed by atoms with van der Waals surface area (Å²) in [5.74, 6) is -2.02. The van der Waals surface area contributed by atoms with Gasteiger partial charge in [-0.2, -0.15) is 0 Å². The zero-order valence-electron chi connectivity index (χ0n) is 15.6. The number of hydrogen-bond acceptors (Lipinski definition) is 4. The lowest BCUT2D eigenvalue weighted by Gasteiger charge is -2.50. The maximum absolute atomic E-state index is 12.4. The molecule has 3 rings (SSSR count). The molecule has 0 aliphatic heterocycles. The van der Waals surface area contributed by atoms with Crippen LogP contribution in [0.5, 0.6) is 0 Å². The molecule has 0 unspecified atom stereocenters. The van der Waals surface area contributed by atoms with Crippen molar-refractivity contribution in [3.8, 4) is 0 Å². The first kappa shape index (κ1) is 18.0. The van der Waals surface area contributed by atoms with Crippen molar-refractivity contribution in [1.29, 1.82) is 0 Å². The van der Waals surface area contributed by atoms with Gasteiger partial charge in [-0.3, -0.25) is 9.59 Å². The van der Waals surface area contributed by atoms with E-state index in [1.807, 2.05) is 0 Å². The normalized spacial score (nSPS) is 32.6. The van der Waals surface area contributed by atoms with Crippen LogP contribution >= 0.6 is 0 Å². The molecule has 0 aromatic rings. The van der Waals surface area contributed by atoms with E-state index in [2.05, 4.69) is 27.7 Å². The molecular formula is C21H28O4. The average Bonchev–Trinajstić information content (AvgIpc) is 2.53. The molecule has 2 N–H and O–H groups in total. The van der Waals surface area contributed by atoms with E-state index in [0.717, 1.165) is 31.8 Å². The zero-order valence-corrected chi connectivity index (χ0v) is 15.6. The van der Waals surface area contributed by atoms with Crippen molar-refractivity contribution in [3.63, 3.8) is 0 Å². The first-order valence-corrected chi connectivity index (χ1v) is 9.22. The number of carbonyl (C=O) groups excluding carboxylic acids is 2. The van der Waals surface area contributed by atoms with Crippen molar-refractivity contribution in [1.82, 2.24) is 0 Å². The van der Waals surface area contributed by atoms with Crippen LogP contribution < -0.4 is 0 Å². The predicted molar refractivity (Wildman–Crippen MR) is 96.2 cm³/mol. The predicted octanol–water partition coefficient (Wildman–Crippen LogP) is 4.73. The molecule has 0 heterocycles. The van der Waals surface area contributed by atoms with Crippen LogP contribution in [0.15, 0.2) is 34.3 Å². The number of aliphatic hydroxyl groups excluding tert-OH is 2. The van der Waals surface area contributed by atoms with Crippen molar-refractivity contribution in [2.45, 2.75) is 66.2 Å². The van der Waals surface area contributed by atoms with Gasteiger partial charge >= 0.3 is 0 Å². The lowest BCUT2D eigenvalue weighted by Crippen LogP contribution is -2.39. The smallest absolute Gasteiger partial charge is 0.227 e. The van der Waals surface area contributed by atoms with Gasteiger partial charge in [0, 0.05) is 6.08 Å². The Morgan fingerprint density at radius 3 is 2.48 bits per heavy atom. The Morgan fingerprint density at radius 2 is 1.80 bits per heavy atom. The molecule has 0 radical (unpaired) electrons. The van der Waals surface area contributed by atoms with Crippen molar-refractivity contribution in [3.05, 3.63) is 34.3 Å². The third-order valence-electron chi connectivity index (χ3n) is 6.85. The van der Waals surface area contributed by atoms with Crippen LogP contribution in [0.3, 0.4) is 0 Å². The molecule has 0 aromatic heterocycles. The van der Waals surface area contributed by atoms with Gasteiger partial charge in [0.2, 0.25) is 11.6 Å². The second-order valence-corrected chi connectivity index (χ2v) is 8.78. The highest BCUT2D eigenvalue weighted by Gasteiger charge is 2.46. The summed E-state index contributed by atoms with van der Waals surface area (Å²) in [6.07, 6.45) is 6.54. The molecule has 136 valence electrons. The Balaban J connectivity index is 2.07. The number of carbonyl (C=O) groups is 2. The lowest BCUT2D eigenvalue weighted by atomic mass is 9.55. The summed E-state index contributed by atoms with van der Waals surface area (Å²) >= 11 is 0. The minimum absolute atomic E-state index is 0.0662. The SMILES string of the molecule is C[C@H]1CCC2=C(CCCC2(C)C)[C@]1(C)CC1=C(O)C(=O)C=C(O)C1=O. The van der Waals surface area contributed by atoms with Gasteiger partial charge in [0.05, 0.1) is 5.57 Å². The summed E-state index contributed by atoms with van der Waals surface area (Å²) in [5, 5.41) is 20.0. The summed E-state index contributed by atoms with van der Waals surface area (Å²) in [7, 11) is 0. The summed E-state index contributed by atoms with van der Waals surface area (Å²) in [4.78, 5) is 24.3. The van der Waals surface area contributed by atoms with Crippen molar-refractivity contribution in [2.75, 3.05) is 0 Å². The molecule has 0 bridgehead atoms. The van der Waals surface area contributed by atoms with E-state index < -0.39 is 23.1 Å². The van der Waals surface area contributed by atoms with Crippen LogP contribution in [-0.2, 0) is 9.59 Å². The van der Waals surface area contributed by atoms with E-state index in [1.54, 1.807) is 0 Å². The van der Waals surface area contributed by atoms with E-state index in [4.69, 9.17) is 0 Å². The van der Waals surface area contributed by atoms with Gasteiger partial charge in [-0.1, -0.05) is 38.8 Å². The fourth-order valence-corrected chi connectivity index (χ4v) is 4.99. The maximum Gasteiger partial charge on any atom is 0.227 e. The first-order valence-electron chi connectivity index (χ1n) is 9.22. The standard InChI is InChI=1S/C21H28O4/c1-12-7-8-14-15(6-5-9-20(14,2)3)21(12,4)11-13-18(24)16(22)10-17(23)19(13)25/h10,12,22,25H,5-9,11H2,1-4H3/t12-,21+/m0/s1. The Kier molecular flexibility index (Phi) is 4.21. The average molecular weight is 344 g/mol. The highest BCUT2D eigenvalue weighted by molar-refractivity contribution is 6.20. The molecule has 4 heteroatoms. The van der Waals surface area contributed by atoms with Gasteiger partial charge < -0.3 is 10.2 Å². The maximum atomic E-state index is 12.4. The third kappa shape index (κ3) is 2.76. The van der Waals surface area contributed by atoms with Gasteiger partial charge in [-0.25, -0.2) is 0 Å². The molecule has 3 aliphatic rings. The van der Waals surface area contributed by atoms with E-state index in [-0.39, 0.29) is 16.4 Å². The Hall–Kier alpha value is -1.84. The molecule has 0 saturated carbocycles.